The molecule has 1 atom stereocenters. The number of halogens is 1. The summed E-state index contributed by atoms with van der Waals surface area (Å²) < 4.78 is 20.1. The summed E-state index contributed by atoms with van der Waals surface area (Å²) in [6.45, 7) is 5.91. The maximum absolute atomic E-state index is 14.7. The minimum absolute atomic E-state index is 0.0123. The van der Waals surface area contributed by atoms with Crippen LogP contribution in [-0.2, 0) is 4.74 Å². The van der Waals surface area contributed by atoms with Crippen molar-refractivity contribution >= 4 is 50.3 Å². The van der Waals surface area contributed by atoms with Crippen LogP contribution in [0.2, 0.25) is 0 Å². The smallest absolute Gasteiger partial charge is 0.157 e. The zero-order valence-electron chi connectivity index (χ0n) is 24.1. The van der Waals surface area contributed by atoms with Crippen LogP contribution in [0, 0.1) is 13.8 Å². The number of pyridine rings is 3. The first-order chi connectivity index (χ1) is 20.9. The Morgan fingerprint density at radius 3 is 2.51 bits per heavy atom. The second-order valence-corrected chi connectivity index (χ2v) is 10.9. The average molecular weight is 572 g/mol. The Bertz CT molecular complexity index is 2020. The van der Waals surface area contributed by atoms with Crippen molar-refractivity contribution < 1.29 is 9.13 Å². The third kappa shape index (κ3) is 5.54. The van der Waals surface area contributed by atoms with Gasteiger partial charge in [-0.3, -0.25) is 15.0 Å². The van der Waals surface area contributed by atoms with Crippen LogP contribution < -0.4 is 10.6 Å². The molecule has 0 saturated heterocycles. The predicted molar refractivity (Wildman–Crippen MR) is 169 cm³/mol. The molecular formula is C34H30FN7O. The molecule has 0 amide bonds. The third-order valence-electron chi connectivity index (χ3n) is 7.55. The Morgan fingerprint density at radius 1 is 0.837 bits per heavy atom. The summed E-state index contributed by atoms with van der Waals surface area (Å²) in [5, 5.41) is 7.83. The number of rotatable bonds is 6. The lowest BCUT2D eigenvalue weighted by Crippen LogP contribution is -2.17. The number of fused-ring (bicyclic) bond motifs is 2. The van der Waals surface area contributed by atoms with Crippen LogP contribution in [0.4, 0.5) is 27.1 Å². The first-order valence-corrected chi connectivity index (χ1v) is 14.2. The summed E-state index contributed by atoms with van der Waals surface area (Å²) in [5.74, 6) is 0.475. The van der Waals surface area contributed by atoms with Crippen molar-refractivity contribution in [1.29, 1.82) is 0 Å². The van der Waals surface area contributed by atoms with Gasteiger partial charge in [-0.15, -0.1) is 0 Å². The SMILES string of the molecule is Cc1cc(Nc2ccc3nc(-c4ccc(Nc5cc(C)nc6ccc(C7=C(F)COC(C)C7)cc56)cn4)[nH]c3c2)ccn1. The first kappa shape index (κ1) is 26.7. The number of aryl methyl sites for hydroxylation is 2. The van der Waals surface area contributed by atoms with Crippen molar-refractivity contribution in [3.63, 3.8) is 0 Å². The summed E-state index contributed by atoms with van der Waals surface area (Å²) >= 11 is 0. The highest BCUT2D eigenvalue weighted by Crippen LogP contribution is 2.34. The van der Waals surface area contributed by atoms with Crippen molar-refractivity contribution in [3.8, 4) is 11.5 Å². The van der Waals surface area contributed by atoms with Gasteiger partial charge < -0.3 is 20.4 Å². The molecule has 2 aromatic carbocycles. The number of nitrogens with zero attached hydrogens (tertiary/aromatic N) is 4. The van der Waals surface area contributed by atoms with Crippen molar-refractivity contribution in [1.82, 2.24) is 24.9 Å². The molecule has 1 unspecified atom stereocenters. The molecule has 4 aromatic heterocycles. The van der Waals surface area contributed by atoms with Crippen molar-refractivity contribution in [2.75, 3.05) is 17.2 Å². The Labute approximate surface area is 248 Å². The number of aromatic amines is 1. The van der Waals surface area contributed by atoms with Gasteiger partial charge >= 0.3 is 0 Å². The molecule has 0 radical (unpaired) electrons. The molecule has 0 spiro atoms. The molecule has 0 fully saturated rings. The number of ether oxygens (including phenoxy) is 1. The predicted octanol–water partition coefficient (Wildman–Crippen LogP) is 8.16. The van der Waals surface area contributed by atoms with E-state index < -0.39 is 0 Å². The molecule has 6 aromatic rings. The van der Waals surface area contributed by atoms with Crippen molar-refractivity contribution in [2.24, 2.45) is 0 Å². The van der Waals surface area contributed by atoms with Crippen LogP contribution in [-0.4, -0.2) is 37.6 Å². The maximum Gasteiger partial charge on any atom is 0.157 e. The molecule has 43 heavy (non-hydrogen) atoms. The molecule has 9 heteroatoms. The van der Waals surface area contributed by atoms with Gasteiger partial charge in [-0.05, 0) is 92.6 Å². The second-order valence-electron chi connectivity index (χ2n) is 10.9. The molecule has 1 aliphatic heterocycles. The Kier molecular flexibility index (Phi) is 6.79. The Morgan fingerprint density at radius 2 is 1.67 bits per heavy atom. The van der Waals surface area contributed by atoms with Crippen molar-refractivity contribution in [2.45, 2.75) is 33.3 Å². The van der Waals surface area contributed by atoms with Crippen LogP contribution in [0.15, 0.2) is 85.0 Å². The van der Waals surface area contributed by atoms with E-state index in [2.05, 4.69) is 25.6 Å². The number of imidazole rings is 1. The molecule has 1 aliphatic rings. The number of hydrogen-bond acceptors (Lipinski definition) is 7. The molecule has 3 N–H and O–H groups in total. The van der Waals surface area contributed by atoms with E-state index in [1.807, 2.05) is 87.5 Å². The molecular weight excluding hydrogens is 541 g/mol. The van der Waals surface area contributed by atoms with Crippen LogP contribution in [0.25, 0.3) is 39.0 Å². The van der Waals surface area contributed by atoms with Crippen LogP contribution >= 0.6 is 0 Å². The molecule has 0 saturated carbocycles. The molecule has 7 rings (SSSR count). The quantitative estimate of drug-likeness (QED) is 0.185. The molecule has 8 nitrogen and oxygen atoms in total. The van der Waals surface area contributed by atoms with E-state index in [9.17, 15) is 4.39 Å². The number of benzene rings is 2. The lowest BCUT2D eigenvalue weighted by Gasteiger charge is -2.22. The molecule has 0 aliphatic carbocycles. The molecule has 0 bridgehead atoms. The summed E-state index contributed by atoms with van der Waals surface area (Å²) in [7, 11) is 0. The molecule has 5 heterocycles. The van der Waals surface area contributed by atoms with Crippen molar-refractivity contribution in [3.05, 3.63) is 102 Å². The fraction of sp³-hybridized carbons (Fsp3) is 0.176. The van der Waals surface area contributed by atoms with E-state index in [4.69, 9.17) is 14.7 Å². The van der Waals surface area contributed by atoms with Gasteiger partial charge in [0.2, 0.25) is 0 Å². The standard InChI is InChI=1S/C34H30FN7O/c1-19-12-24(10-11-36-19)39-23-5-8-30-33(16-23)42-34(41-30)31-9-6-25(17-37-31)40-32-13-20(2)38-29-7-4-22(15-27(29)32)26-14-21(3)43-18-28(26)35/h4-13,15-17,21H,14,18H2,1-3H3,(H,36,39)(H,38,40)(H,41,42). The number of hydrogen-bond donors (Lipinski definition) is 3. The monoisotopic (exact) mass is 571 g/mol. The number of anilines is 4. The summed E-state index contributed by atoms with van der Waals surface area (Å²) in [4.78, 5) is 21.8. The van der Waals surface area contributed by atoms with Crippen LogP contribution in [0.3, 0.4) is 0 Å². The highest BCUT2D eigenvalue weighted by Gasteiger charge is 2.20. The van der Waals surface area contributed by atoms with Crippen LogP contribution in [0.5, 0.6) is 0 Å². The first-order valence-electron chi connectivity index (χ1n) is 14.2. The zero-order chi connectivity index (χ0) is 29.5. The highest BCUT2D eigenvalue weighted by atomic mass is 19.1. The summed E-state index contributed by atoms with van der Waals surface area (Å²) in [6, 6.07) is 21.8. The minimum Gasteiger partial charge on any atom is -0.371 e. The van der Waals surface area contributed by atoms with E-state index >= 15 is 0 Å². The van der Waals surface area contributed by atoms with E-state index in [0.29, 0.717) is 17.8 Å². The lowest BCUT2D eigenvalue weighted by atomic mass is 9.96. The number of nitrogens with one attached hydrogen (secondary N) is 3. The van der Waals surface area contributed by atoms with Gasteiger partial charge in [-0.1, -0.05) is 6.07 Å². The van der Waals surface area contributed by atoms with E-state index in [-0.39, 0.29) is 18.5 Å². The van der Waals surface area contributed by atoms with Gasteiger partial charge in [0.25, 0.3) is 0 Å². The van der Waals surface area contributed by atoms with Gasteiger partial charge in [0.1, 0.15) is 11.5 Å². The normalized spacial score (nSPS) is 15.3. The van der Waals surface area contributed by atoms with Gasteiger partial charge in [-0.2, -0.15) is 0 Å². The minimum atomic E-state index is -0.214. The van der Waals surface area contributed by atoms with E-state index in [0.717, 1.165) is 67.3 Å². The fourth-order valence-electron chi connectivity index (χ4n) is 5.45. The number of aromatic nitrogens is 5. The van der Waals surface area contributed by atoms with Gasteiger partial charge in [-0.25, -0.2) is 9.37 Å². The Balaban J connectivity index is 1.14. The van der Waals surface area contributed by atoms with Gasteiger partial charge in [0, 0.05) is 46.5 Å². The van der Waals surface area contributed by atoms with E-state index in [1.54, 1.807) is 12.4 Å². The fourth-order valence-corrected chi connectivity index (χ4v) is 5.45. The zero-order valence-corrected chi connectivity index (χ0v) is 24.1. The average Bonchev–Trinajstić information content (AvgIpc) is 3.42. The summed E-state index contributed by atoms with van der Waals surface area (Å²) in [5.41, 5.74) is 10.4. The number of H-pyrrole nitrogens is 1. The van der Waals surface area contributed by atoms with Crippen LogP contribution in [0.1, 0.15) is 30.3 Å². The van der Waals surface area contributed by atoms with Gasteiger partial charge in [0.15, 0.2) is 5.82 Å². The highest BCUT2D eigenvalue weighted by molar-refractivity contribution is 5.95. The second kappa shape index (κ2) is 10.9. The topological polar surface area (TPSA) is 101 Å². The largest absolute Gasteiger partial charge is 0.371 e. The van der Waals surface area contributed by atoms with Gasteiger partial charge in [0.05, 0.1) is 41.1 Å². The Hall–Kier alpha value is -5.15. The van der Waals surface area contributed by atoms with E-state index in [1.165, 1.54) is 0 Å². The third-order valence-corrected chi connectivity index (χ3v) is 7.55. The lowest BCUT2D eigenvalue weighted by molar-refractivity contribution is 0.0675. The summed E-state index contributed by atoms with van der Waals surface area (Å²) in [6.07, 6.45) is 4.09. The maximum atomic E-state index is 14.7. The molecule has 214 valence electrons.